The van der Waals surface area contributed by atoms with E-state index in [0.29, 0.717) is 18.0 Å². The van der Waals surface area contributed by atoms with Crippen LogP contribution in [0.25, 0.3) is 22.6 Å². The van der Waals surface area contributed by atoms with Crippen molar-refractivity contribution in [2.45, 2.75) is 19.4 Å². The molecule has 2 aliphatic heterocycles. The molecule has 6 rings (SSSR count). The van der Waals surface area contributed by atoms with Crippen molar-refractivity contribution in [3.63, 3.8) is 0 Å². The van der Waals surface area contributed by atoms with Gasteiger partial charge >= 0.3 is 0 Å². The fraction of sp³-hybridized carbons (Fsp3) is 0.280. The van der Waals surface area contributed by atoms with Gasteiger partial charge in [0.15, 0.2) is 12.4 Å². The zero-order chi connectivity index (χ0) is 23.9. The molecule has 0 radical (unpaired) electrons. The van der Waals surface area contributed by atoms with E-state index in [-0.39, 0.29) is 30.9 Å². The van der Waals surface area contributed by atoms with Crippen LogP contribution in [0.4, 0.5) is 10.7 Å². The normalized spacial score (nSPS) is 17.7. The molecule has 9 nitrogen and oxygen atoms in total. The number of nitrogens with one attached hydrogen (secondary N) is 2. The van der Waals surface area contributed by atoms with E-state index in [2.05, 4.69) is 27.1 Å². The van der Waals surface area contributed by atoms with E-state index in [1.165, 1.54) is 0 Å². The first-order valence-electron chi connectivity index (χ1n) is 11.5. The number of aromatic nitrogens is 3. The fourth-order valence-electron chi connectivity index (χ4n) is 4.72. The minimum atomic E-state index is -0.184. The van der Waals surface area contributed by atoms with Crippen molar-refractivity contribution in [2.75, 3.05) is 36.5 Å². The number of para-hydroxylation sites is 2. The SMILES string of the molecule is C[C@@H]1CN(c2scnc2-c2nc3ccccc3[nH]2)CCN1C(=O)Cc1ccc2c(c1)NC(=O)CO2. The molecule has 2 amide bonds. The lowest BCUT2D eigenvalue weighted by atomic mass is 10.1. The van der Waals surface area contributed by atoms with E-state index >= 15 is 0 Å². The largest absolute Gasteiger partial charge is 0.482 e. The van der Waals surface area contributed by atoms with Crippen LogP contribution in [0.2, 0.25) is 0 Å². The van der Waals surface area contributed by atoms with Crippen molar-refractivity contribution < 1.29 is 14.3 Å². The quantitative estimate of drug-likeness (QED) is 0.457. The number of aromatic amines is 1. The van der Waals surface area contributed by atoms with Crippen LogP contribution < -0.4 is 15.0 Å². The summed E-state index contributed by atoms with van der Waals surface area (Å²) < 4.78 is 5.41. The lowest BCUT2D eigenvalue weighted by Crippen LogP contribution is -2.54. The molecule has 2 aromatic carbocycles. The number of anilines is 2. The number of rotatable bonds is 4. The van der Waals surface area contributed by atoms with Gasteiger partial charge < -0.3 is 24.8 Å². The molecule has 1 fully saturated rings. The number of hydrogen-bond acceptors (Lipinski definition) is 7. The van der Waals surface area contributed by atoms with Crippen molar-refractivity contribution in [2.24, 2.45) is 0 Å². The molecule has 0 saturated carbocycles. The van der Waals surface area contributed by atoms with Gasteiger partial charge in [0.05, 0.1) is 28.7 Å². The highest BCUT2D eigenvalue weighted by Gasteiger charge is 2.30. The average Bonchev–Trinajstić information content (AvgIpc) is 3.50. The minimum absolute atomic E-state index is 0.0187. The first-order valence-corrected chi connectivity index (χ1v) is 12.4. The van der Waals surface area contributed by atoms with Gasteiger partial charge in [0.25, 0.3) is 5.91 Å². The highest BCUT2D eigenvalue weighted by Crippen LogP contribution is 2.35. The Labute approximate surface area is 205 Å². The monoisotopic (exact) mass is 488 g/mol. The topological polar surface area (TPSA) is 103 Å². The predicted octanol–water partition coefficient (Wildman–Crippen LogP) is 3.30. The Bertz CT molecular complexity index is 1400. The van der Waals surface area contributed by atoms with E-state index in [1.54, 1.807) is 11.3 Å². The number of carbonyl (C=O) groups excluding carboxylic acids is 2. The molecule has 1 atom stereocenters. The summed E-state index contributed by atoms with van der Waals surface area (Å²) in [4.78, 5) is 41.7. The van der Waals surface area contributed by atoms with Gasteiger partial charge in [-0.25, -0.2) is 9.97 Å². The van der Waals surface area contributed by atoms with Crippen molar-refractivity contribution in [1.82, 2.24) is 19.9 Å². The molecular weight excluding hydrogens is 464 g/mol. The molecule has 0 spiro atoms. The number of fused-ring (bicyclic) bond motifs is 2. The predicted molar refractivity (Wildman–Crippen MR) is 135 cm³/mol. The third kappa shape index (κ3) is 4.10. The van der Waals surface area contributed by atoms with Gasteiger partial charge in [-0.15, -0.1) is 11.3 Å². The Kier molecular flexibility index (Phi) is 5.37. The fourth-order valence-corrected chi connectivity index (χ4v) is 5.55. The molecule has 0 unspecified atom stereocenters. The lowest BCUT2D eigenvalue weighted by Gasteiger charge is -2.40. The first kappa shape index (κ1) is 21.6. The number of piperazine rings is 1. The van der Waals surface area contributed by atoms with E-state index in [1.807, 2.05) is 52.9 Å². The second-order valence-electron chi connectivity index (χ2n) is 8.83. The van der Waals surface area contributed by atoms with E-state index in [0.717, 1.165) is 46.2 Å². The highest BCUT2D eigenvalue weighted by molar-refractivity contribution is 7.14. The minimum Gasteiger partial charge on any atom is -0.482 e. The Morgan fingerprint density at radius 1 is 1.23 bits per heavy atom. The maximum absolute atomic E-state index is 13.2. The molecule has 0 bridgehead atoms. The van der Waals surface area contributed by atoms with Crippen molar-refractivity contribution in [1.29, 1.82) is 0 Å². The van der Waals surface area contributed by atoms with Gasteiger partial charge in [-0.1, -0.05) is 18.2 Å². The molecule has 35 heavy (non-hydrogen) atoms. The Balaban J connectivity index is 1.15. The molecule has 0 aliphatic carbocycles. The number of nitrogens with zero attached hydrogens (tertiary/aromatic N) is 4. The first-order chi connectivity index (χ1) is 17.0. The molecule has 2 aromatic heterocycles. The third-order valence-electron chi connectivity index (χ3n) is 6.43. The zero-order valence-corrected chi connectivity index (χ0v) is 20.0. The van der Waals surface area contributed by atoms with Gasteiger partial charge in [-0.3, -0.25) is 9.59 Å². The zero-order valence-electron chi connectivity index (χ0n) is 19.2. The number of thiazole rings is 1. The summed E-state index contributed by atoms with van der Waals surface area (Å²) in [6.07, 6.45) is 0.276. The molecular formula is C25H24N6O3S. The molecule has 4 heterocycles. The van der Waals surface area contributed by atoms with Crippen LogP contribution in [-0.4, -0.2) is 63.9 Å². The highest BCUT2D eigenvalue weighted by atomic mass is 32.1. The van der Waals surface area contributed by atoms with E-state index < -0.39 is 0 Å². The van der Waals surface area contributed by atoms with Crippen molar-refractivity contribution >= 4 is 44.9 Å². The smallest absolute Gasteiger partial charge is 0.262 e. The average molecular weight is 489 g/mol. The van der Waals surface area contributed by atoms with Crippen LogP contribution in [0.5, 0.6) is 5.75 Å². The maximum atomic E-state index is 13.2. The number of benzene rings is 2. The summed E-state index contributed by atoms with van der Waals surface area (Å²) >= 11 is 1.59. The van der Waals surface area contributed by atoms with Crippen LogP contribution in [0.3, 0.4) is 0 Å². The van der Waals surface area contributed by atoms with Gasteiger partial charge in [0.2, 0.25) is 5.91 Å². The second-order valence-corrected chi connectivity index (χ2v) is 9.67. The number of ether oxygens (including phenoxy) is 1. The van der Waals surface area contributed by atoms with Crippen molar-refractivity contribution in [3.05, 3.63) is 53.5 Å². The molecule has 1 saturated heterocycles. The summed E-state index contributed by atoms with van der Waals surface area (Å²) in [5, 5.41) is 3.87. The number of hydrogen-bond donors (Lipinski definition) is 2. The van der Waals surface area contributed by atoms with Gasteiger partial charge in [0.1, 0.15) is 16.4 Å². The van der Waals surface area contributed by atoms with Gasteiger partial charge in [-0.2, -0.15) is 0 Å². The summed E-state index contributed by atoms with van der Waals surface area (Å²) in [5.41, 5.74) is 6.06. The molecule has 178 valence electrons. The summed E-state index contributed by atoms with van der Waals surface area (Å²) in [6.45, 7) is 4.16. The second kappa shape index (κ2) is 8.70. The van der Waals surface area contributed by atoms with E-state index in [9.17, 15) is 9.59 Å². The van der Waals surface area contributed by atoms with Crippen LogP contribution in [0.15, 0.2) is 48.0 Å². The number of carbonyl (C=O) groups is 2. The molecule has 4 aromatic rings. The Morgan fingerprint density at radius 3 is 2.97 bits per heavy atom. The number of imidazole rings is 1. The standard InChI is InChI=1S/C25H24N6O3S/c1-15-12-30(25-23(26-14-35-25)24-28-17-4-2-3-5-18(17)29-24)8-9-31(15)22(33)11-16-6-7-20-19(10-16)27-21(32)13-34-20/h2-7,10,14-15H,8-9,11-13H2,1H3,(H,27,32)(H,28,29)/t15-/m1/s1. The molecule has 2 aliphatic rings. The maximum Gasteiger partial charge on any atom is 0.262 e. The summed E-state index contributed by atoms with van der Waals surface area (Å²) in [6, 6.07) is 13.5. The Morgan fingerprint density at radius 2 is 2.11 bits per heavy atom. The number of H-pyrrole nitrogens is 1. The molecule has 2 N–H and O–H groups in total. The molecule has 10 heteroatoms. The van der Waals surface area contributed by atoms with Crippen LogP contribution in [0.1, 0.15) is 12.5 Å². The summed E-state index contributed by atoms with van der Waals surface area (Å²) in [7, 11) is 0. The van der Waals surface area contributed by atoms with Crippen LogP contribution in [0, 0.1) is 0 Å². The van der Waals surface area contributed by atoms with Crippen molar-refractivity contribution in [3.8, 4) is 17.3 Å². The van der Waals surface area contributed by atoms with Gasteiger partial charge in [0, 0.05) is 25.7 Å². The van der Waals surface area contributed by atoms with E-state index in [4.69, 9.17) is 9.72 Å². The van der Waals surface area contributed by atoms with Crippen LogP contribution >= 0.6 is 11.3 Å². The summed E-state index contributed by atoms with van der Waals surface area (Å²) in [5.74, 6) is 1.28. The van der Waals surface area contributed by atoms with Gasteiger partial charge in [-0.05, 0) is 36.8 Å². The van der Waals surface area contributed by atoms with Crippen LogP contribution in [-0.2, 0) is 16.0 Å². The third-order valence-corrected chi connectivity index (χ3v) is 7.32. The Hall–Kier alpha value is -3.92. The number of amides is 2. The lowest BCUT2D eigenvalue weighted by molar-refractivity contribution is -0.132.